The van der Waals surface area contributed by atoms with Crippen molar-refractivity contribution in [2.75, 3.05) is 6.54 Å². The lowest BCUT2D eigenvalue weighted by Gasteiger charge is -2.09. The standard InChI is InChI=1S/C19H23N5O/c1-16-13-22-24(14-16)11-8-19(25)21-9-7-18-20-10-12-23(18)15-17-5-3-2-4-6-17/h2-6,10,12-14H,7-9,11,15H2,1H3,(H,21,25). The quantitative estimate of drug-likeness (QED) is 0.685. The Balaban J connectivity index is 1.43. The monoisotopic (exact) mass is 337 g/mol. The predicted octanol–water partition coefficient (Wildman–Crippen LogP) is 2.19. The van der Waals surface area contributed by atoms with Gasteiger partial charge in [-0.05, 0) is 18.1 Å². The number of rotatable bonds is 8. The van der Waals surface area contributed by atoms with Gasteiger partial charge in [-0.1, -0.05) is 30.3 Å². The van der Waals surface area contributed by atoms with Gasteiger partial charge in [0.1, 0.15) is 5.82 Å². The lowest BCUT2D eigenvalue weighted by Crippen LogP contribution is -2.27. The molecule has 2 heterocycles. The summed E-state index contributed by atoms with van der Waals surface area (Å²) < 4.78 is 3.91. The first kappa shape index (κ1) is 17.0. The lowest BCUT2D eigenvalue weighted by molar-refractivity contribution is -0.121. The van der Waals surface area contributed by atoms with Gasteiger partial charge in [0.15, 0.2) is 0 Å². The summed E-state index contributed by atoms with van der Waals surface area (Å²) in [7, 11) is 0. The van der Waals surface area contributed by atoms with Crippen molar-refractivity contribution >= 4 is 5.91 Å². The first-order valence-corrected chi connectivity index (χ1v) is 8.50. The van der Waals surface area contributed by atoms with Gasteiger partial charge in [-0.3, -0.25) is 9.48 Å². The van der Waals surface area contributed by atoms with E-state index in [1.54, 1.807) is 17.1 Å². The van der Waals surface area contributed by atoms with Crippen molar-refractivity contribution in [2.45, 2.75) is 32.9 Å². The van der Waals surface area contributed by atoms with Crippen LogP contribution in [-0.4, -0.2) is 31.8 Å². The Bertz CT molecular complexity index is 806. The minimum atomic E-state index is 0.0364. The highest BCUT2D eigenvalue weighted by Crippen LogP contribution is 2.06. The lowest BCUT2D eigenvalue weighted by atomic mass is 10.2. The molecule has 2 aromatic heterocycles. The number of carbonyl (C=O) groups excluding carboxylic acids is 1. The Morgan fingerprint density at radius 1 is 1.24 bits per heavy atom. The smallest absolute Gasteiger partial charge is 0.221 e. The molecule has 0 saturated heterocycles. The fourth-order valence-electron chi connectivity index (χ4n) is 2.70. The Morgan fingerprint density at radius 2 is 2.08 bits per heavy atom. The first-order valence-electron chi connectivity index (χ1n) is 8.50. The number of hydrogen-bond donors (Lipinski definition) is 1. The van der Waals surface area contributed by atoms with Crippen LogP contribution in [0.2, 0.25) is 0 Å². The Labute approximate surface area is 147 Å². The highest BCUT2D eigenvalue weighted by atomic mass is 16.1. The molecule has 1 amide bonds. The molecule has 0 aliphatic heterocycles. The van der Waals surface area contributed by atoms with Crippen molar-refractivity contribution in [1.82, 2.24) is 24.6 Å². The largest absolute Gasteiger partial charge is 0.356 e. The number of aryl methyl sites for hydroxylation is 2. The molecule has 3 aromatic rings. The molecule has 0 aliphatic carbocycles. The molecule has 0 saturated carbocycles. The zero-order valence-electron chi connectivity index (χ0n) is 14.4. The van der Waals surface area contributed by atoms with Gasteiger partial charge in [-0.15, -0.1) is 0 Å². The molecule has 0 unspecified atom stereocenters. The average Bonchev–Trinajstić information content (AvgIpc) is 3.23. The zero-order valence-corrected chi connectivity index (χ0v) is 14.4. The molecule has 0 bridgehead atoms. The Morgan fingerprint density at radius 3 is 2.84 bits per heavy atom. The molecule has 0 fully saturated rings. The number of amides is 1. The molecule has 1 N–H and O–H groups in total. The van der Waals surface area contributed by atoms with Crippen LogP contribution >= 0.6 is 0 Å². The highest BCUT2D eigenvalue weighted by Gasteiger charge is 2.06. The molecule has 0 atom stereocenters. The van der Waals surface area contributed by atoms with Gasteiger partial charge in [-0.2, -0.15) is 5.10 Å². The van der Waals surface area contributed by atoms with Gasteiger partial charge < -0.3 is 9.88 Å². The van der Waals surface area contributed by atoms with Crippen LogP contribution in [0.4, 0.5) is 0 Å². The van der Waals surface area contributed by atoms with Gasteiger partial charge in [0.05, 0.1) is 6.20 Å². The maximum Gasteiger partial charge on any atom is 0.221 e. The van der Waals surface area contributed by atoms with Gasteiger partial charge in [0.25, 0.3) is 0 Å². The summed E-state index contributed by atoms with van der Waals surface area (Å²) in [4.78, 5) is 16.4. The van der Waals surface area contributed by atoms with Gasteiger partial charge in [0.2, 0.25) is 5.91 Å². The predicted molar refractivity (Wildman–Crippen MR) is 96.1 cm³/mol. The van der Waals surface area contributed by atoms with E-state index in [-0.39, 0.29) is 5.91 Å². The van der Waals surface area contributed by atoms with Gasteiger partial charge in [-0.25, -0.2) is 4.98 Å². The molecular formula is C19H23N5O. The Hall–Kier alpha value is -2.89. The van der Waals surface area contributed by atoms with Crippen LogP contribution in [-0.2, 0) is 24.3 Å². The fourth-order valence-corrected chi connectivity index (χ4v) is 2.70. The second kappa shape index (κ2) is 8.28. The zero-order chi connectivity index (χ0) is 17.5. The van der Waals surface area contributed by atoms with Crippen molar-refractivity contribution in [2.24, 2.45) is 0 Å². The summed E-state index contributed by atoms with van der Waals surface area (Å²) in [6.45, 7) is 3.97. The van der Waals surface area contributed by atoms with E-state index in [0.29, 0.717) is 25.9 Å². The summed E-state index contributed by atoms with van der Waals surface area (Å²) in [5.74, 6) is 1.01. The number of carbonyl (C=O) groups is 1. The normalized spacial score (nSPS) is 10.8. The minimum absolute atomic E-state index is 0.0364. The summed E-state index contributed by atoms with van der Waals surface area (Å²) in [5.41, 5.74) is 2.34. The van der Waals surface area contributed by atoms with Crippen LogP contribution in [0.5, 0.6) is 0 Å². The van der Waals surface area contributed by atoms with Gasteiger partial charge in [0, 0.05) is 51.1 Å². The number of hydrogen-bond acceptors (Lipinski definition) is 3. The van der Waals surface area contributed by atoms with E-state index < -0.39 is 0 Å². The summed E-state index contributed by atoms with van der Waals surface area (Å²) in [5, 5.41) is 7.14. The second-order valence-corrected chi connectivity index (χ2v) is 6.09. The molecule has 0 spiro atoms. The van der Waals surface area contributed by atoms with Gasteiger partial charge >= 0.3 is 0 Å². The highest BCUT2D eigenvalue weighted by molar-refractivity contribution is 5.75. The van der Waals surface area contributed by atoms with Crippen LogP contribution in [0.1, 0.15) is 23.4 Å². The molecule has 1 aromatic carbocycles. The third kappa shape index (κ3) is 5.04. The number of nitrogens with one attached hydrogen (secondary N) is 1. The molecule has 0 aliphatic rings. The molecule has 6 nitrogen and oxygen atoms in total. The summed E-state index contributed by atoms with van der Waals surface area (Å²) >= 11 is 0. The molecule has 25 heavy (non-hydrogen) atoms. The van der Waals surface area contributed by atoms with E-state index in [2.05, 4.69) is 32.1 Å². The van der Waals surface area contributed by atoms with E-state index in [4.69, 9.17) is 0 Å². The van der Waals surface area contributed by atoms with Crippen LogP contribution in [0.3, 0.4) is 0 Å². The van der Waals surface area contributed by atoms with Crippen molar-refractivity contribution in [1.29, 1.82) is 0 Å². The fraction of sp³-hybridized carbons (Fsp3) is 0.316. The van der Waals surface area contributed by atoms with E-state index in [0.717, 1.165) is 17.9 Å². The van der Waals surface area contributed by atoms with Crippen molar-refractivity contribution in [3.8, 4) is 0 Å². The maximum atomic E-state index is 11.9. The Kier molecular flexibility index (Phi) is 5.61. The summed E-state index contributed by atoms with van der Waals surface area (Å²) in [6, 6.07) is 10.3. The molecular weight excluding hydrogens is 314 g/mol. The molecule has 3 rings (SSSR count). The van der Waals surface area contributed by atoms with Crippen LogP contribution in [0.25, 0.3) is 0 Å². The number of benzene rings is 1. The second-order valence-electron chi connectivity index (χ2n) is 6.09. The SMILES string of the molecule is Cc1cnn(CCC(=O)NCCc2nccn2Cc2ccccc2)c1. The van der Waals surface area contributed by atoms with E-state index >= 15 is 0 Å². The van der Waals surface area contributed by atoms with Crippen molar-refractivity contribution < 1.29 is 4.79 Å². The van der Waals surface area contributed by atoms with Crippen molar-refractivity contribution in [3.05, 3.63) is 72.1 Å². The van der Waals surface area contributed by atoms with E-state index in [1.165, 1.54) is 5.56 Å². The number of nitrogens with zero attached hydrogens (tertiary/aromatic N) is 4. The van der Waals surface area contributed by atoms with Crippen LogP contribution in [0, 0.1) is 6.92 Å². The third-order valence-electron chi connectivity index (χ3n) is 4.00. The van der Waals surface area contributed by atoms with Crippen LogP contribution in [0.15, 0.2) is 55.1 Å². The molecule has 0 radical (unpaired) electrons. The van der Waals surface area contributed by atoms with Crippen molar-refractivity contribution in [3.63, 3.8) is 0 Å². The minimum Gasteiger partial charge on any atom is -0.356 e. The topological polar surface area (TPSA) is 64.7 Å². The van der Waals surface area contributed by atoms with Crippen LogP contribution < -0.4 is 5.32 Å². The van der Waals surface area contributed by atoms with E-state index in [9.17, 15) is 4.79 Å². The molecule has 6 heteroatoms. The average molecular weight is 337 g/mol. The molecule has 130 valence electrons. The third-order valence-corrected chi connectivity index (χ3v) is 4.00. The van der Waals surface area contributed by atoms with E-state index in [1.807, 2.05) is 37.5 Å². The summed E-state index contributed by atoms with van der Waals surface area (Å²) in [6.07, 6.45) is 8.66. The first-order chi connectivity index (χ1) is 12.2. The maximum absolute atomic E-state index is 11.9. The number of imidazole rings is 1. The number of aromatic nitrogens is 4.